The lowest BCUT2D eigenvalue weighted by molar-refractivity contribution is 0.0517. The monoisotopic (exact) mass is 296 g/mol. The van der Waals surface area contributed by atoms with E-state index in [1.807, 2.05) is 20.8 Å². The molecular weight excluding hydrogens is 264 g/mol. The second kappa shape index (κ2) is 7.48. The first-order valence-electron chi connectivity index (χ1n) is 8.64. The van der Waals surface area contributed by atoms with Gasteiger partial charge in [-0.2, -0.15) is 0 Å². The third-order valence-corrected chi connectivity index (χ3v) is 4.46. The van der Waals surface area contributed by atoms with Crippen LogP contribution in [0.1, 0.15) is 65.7 Å². The van der Waals surface area contributed by atoms with Crippen molar-refractivity contribution in [2.24, 2.45) is 11.8 Å². The number of hydrogen-bond donors (Lipinski definition) is 2. The van der Waals surface area contributed by atoms with Gasteiger partial charge < -0.3 is 15.4 Å². The molecule has 2 aliphatic carbocycles. The summed E-state index contributed by atoms with van der Waals surface area (Å²) < 4.78 is 5.29. The van der Waals surface area contributed by atoms with E-state index in [1.54, 1.807) is 0 Å². The number of carbonyl (C=O) groups is 1. The fourth-order valence-electron chi connectivity index (χ4n) is 3.16. The predicted octanol–water partition coefficient (Wildman–Crippen LogP) is 3.46. The molecule has 2 atom stereocenters. The molecule has 4 nitrogen and oxygen atoms in total. The van der Waals surface area contributed by atoms with Gasteiger partial charge >= 0.3 is 6.09 Å². The van der Waals surface area contributed by atoms with Crippen molar-refractivity contribution in [2.45, 2.75) is 77.4 Å². The number of hydrogen-bond acceptors (Lipinski definition) is 3. The van der Waals surface area contributed by atoms with Crippen LogP contribution >= 0.6 is 0 Å². The molecule has 0 spiro atoms. The minimum Gasteiger partial charge on any atom is -0.444 e. The minimum absolute atomic E-state index is 0.290. The fourth-order valence-corrected chi connectivity index (χ4v) is 3.16. The Bertz CT molecular complexity index is 334. The molecule has 1 amide bonds. The lowest BCUT2D eigenvalue weighted by atomic mass is 10.0. The van der Waals surface area contributed by atoms with Gasteiger partial charge in [0.1, 0.15) is 5.60 Å². The lowest BCUT2D eigenvalue weighted by Crippen LogP contribution is -2.41. The van der Waals surface area contributed by atoms with Gasteiger partial charge in [-0.05, 0) is 64.8 Å². The van der Waals surface area contributed by atoms with Gasteiger partial charge in [-0.25, -0.2) is 4.79 Å². The molecular formula is C17H32N2O2. The van der Waals surface area contributed by atoms with Crippen molar-refractivity contribution in [2.75, 3.05) is 13.1 Å². The van der Waals surface area contributed by atoms with Gasteiger partial charge in [0.25, 0.3) is 0 Å². The van der Waals surface area contributed by atoms with E-state index in [1.165, 1.54) is 44.9 Å². The van der Waals surface area contributed by atoms with Gasteiger partial charge in [0.05, 0.1) is 0 Å². The molecule has 21 heavy (non-hydrogen) atoms. The summed E-state index contributed by atoms with van der Waals surface area (Å²) in [4.78, 5) is 11.7. The molecule has 0 heterocycles. The highest BCUT2D eigenvalue weighted by Crippen LogP contribution is 2.33. The smallest absolute Gasteiger partial charge is 0.407 e. The predicted molar refractivity (Wildman–Crippen MR) is 85.3 cm³/mol. The molecule has 2 saturated carbocycles. The summed E-state index contributed by atoms with van der Waals surface area (Å²) in [7, 11) is 0. The zero-order valence-corrected chi connectivity index (χ0v) is 13.9. The van der Waals surface area contributed by atoms with Crippen LogP contribution in [0, 0.1) is 11.8 Å². The molecule has 0 aromatic rings. The van der Waals surface area contributed by atoms with Crippen LogP contribution in [0.5, 0.6) is 0 Å². The molecule has 0 aliphatic heterocycles. The van der Waals surface area contributed by atoms with Crippen LogP contribution in [0.2, 0.25) is 0 Å². The molecule has 0 saturated heterocycles. The van der Waals surface area contributed by atoms with Crippen LogP contribution in [-0.2, 0) is 4.74 Å². The van der Waals surface area contributed by atoms with Crippen molar-refractivity contribution < 1.29 is 9.53 Å². The number of rotatable bonds is 7. The Morgan fingerprint density at radius 3 is 2.62 bits per heavy atom. The van der Waals surface area contributed by atoms with Gasteiger partial charge in [0.15, 0.2) is 0 Å². The minimum atomic E-state index is -0.416. The van der Waals surface area contributed by atoms with E-state index in [4.69, 9.17) is 4.74 Å². The lowest BCUT2D eigenvalue weighted by Gasteiger charge is -2.23. The quantitative estimate of drug-likeness (QED) is 0.707. The highest BCUT2D eigenvalue weighted by Gasteiger charge is 2.28. The molecule has 2 aliphatic rings. The summed E-state index contributed by atoms with van der Waals surface area (Å²) in [5, 5.41) is 6.62. The summed E-state index contributed by atoms with van der Waals surface area (Å²) >= 11 is 0. The van der Waals surface area contributed by atoms with Crippen LogP contribution in [0.25, 0.3) is 0 Å². The Morgan fingerprint density at radius 2 is 1.95 bits per heavy atom. The number of ether oxygens (including phenoxy) is 1. The fraction of sp³-hybridized carbons (Fsp3) is 0.941. The van der Waals surface area contributed by atoms with E-state index in [0.29, 0.717) is 12.0 Å². The number of amides is 1. The summed E-state index contributed by atoms with van der Waals surface area (Å²) in [6.07, 6.45) is 9.01. The number of carbonyl (C=O) groups excluding carboxylic acids is 1. The Hall–Kier alpha value is -0.770. The SMILES string of the molecule is CC(C)(C)OC(=O)NCC1CCCC1NCCCC1CC1. The summed E-state index contributed by atoms with van der Waals surface area (Å²) in [5.41, 5.74) is -0.416. The maximum atomic E-state index is 11.7. The van der Waals surface area contributed by atoms with Crippen LogP contribution in [0.4, 0.5) is 4.79 Å². The zero-order chi connectivity index (χ0) is 15.3. The first-order valence-corrected chi connectivity index (χ1v) is 8.64. The van der Waals surface area contributed by atoms with Crippen LogP contribution < -0.4 is 10.6 Å². The zero-order valence-electron chi connectivity index (χ0n) is 13.9. The normalized spacial score (nSPS) is 25.9. The van der Waals surface area contributed by atoms with Gasteiger partial charge in [0, 0.05) is 12.6 Å². The molecule has 0 aromatic heterocycles. The maximum absolute atomic E-state index is 11.7. The van der Waals surface area contributed by atoms with Crippen molar-refractivity contribution in [3.8, 4) is 0 Å². The third-order valence-electron chi connectivity index (χ3n) is 4.46. The van der Waals surface area contributed by atoms with E-state index in [9.17, 15) is 4.79 Å². The van der Waals surface area contributed by atoms with Gasteiger partial charge in [-0.1, -0.05) is 19.3 Å². The van der Waals surface area contributed by atoms with Crippen LogP contribution in [-0.4, -0.2) is 30.8 Å². The van der Waals surface area contributed by atoms with Crippen molar-refractivity contribution in [3.05, 3.63) is 0 Å². The molecule has 4 heteroatoms. The van der Waals surface area contributed by atoms with Crippen molar-refractivity contribution >= 4 is 6.09 Å². The Labute approximate surface area is 129 Å². The van der Waals surface area contributed by atoms with Crippen LogP contribution in [0.15, 0.2) is 0 Å². The van der Waals surface area contributed by atoms with Crippen molar-refractivity contribution in [1.29, 1.82) is 0 Å². The first-order chi connectivity index (χ1) is 9.94. The van der Waals surface area contributed by atoms with E-state index in [-0.39, 0.29) is 6.09 Å². The summed E-state index contributed by atoms with van der Waals surface area (Å²) in [5.74, 6) is 1.58. The molecule has 2 unspecified atom stereocenters. The molecule has 122 valence electrons. The second-order valence-electron chi connectivity index (χ2n) is 7.72. The van der Waals surface area contributed by atoms with E-state index < -0.39 is 5.60 Å². The van der Waals surface area contributed by atoms with E-state index in [2.05, 4.69) is 10.6 Å². The number of alkyl carbamates (subject to hydrolysis) is 1. The third kappa shape index (κ3) is 6.68. The maximum Gasteiger partial charge on any atom is 0.407 e. The Balaban J connectivity index is 1.60. The molecule has 2 rings (SSSR count). The average Bonchev–Trinajstić information content (AvgIpc) is 3.09. The molecule has 0 radical (unpaired) electrons. The molecule has 2 N–H and O–H groups in total. The van der Waals surface area contributed by atoms with Crippen molar-refractivity contribution in [1.82, 2.24) is 10.6 Å². The van der Waals surface area contributed by atoms with E-state index in [0.717, 1.165) is 19.0 Å². The van der Waals surface area contributed by atoms with Gasteiger partial charge in [0.2, 0.25) is 0 Å². The highest BCUT2D eigenvalue weighted by atomic mass is 16.6. The Kier molecular flexibility index (Phi) is 5.91. The number of nitrogens with one attached hydrogen (secondary N) is 2. The van der Waals surface area contributed by atoms with E-state index >= 15 is 0 Å². The standard InChI is InChI=1S/C17H32N2O2/c1-17(2,3)21-16(20)19-12-14-7-4-8-15(14)18-11-5-6-13-9-10-13/h13-15,18H,4-12H2,1-3H3,(H,19,20). The van der Waals surface area contributed by atoms with Crippen molar-refractivity contribution in [3.63, 3.8) is 0 Å². The summed E-state index contributed by atoms with van der Waals surface area (Å²) in [6.45, 7) is 7.55. The largest absolute Gasteiger partial charge is 0.444 e. The van der Waals surface area contributed by atoms with Crippen LogP contribution in [0.3, 0.4) is 0 Å². The molecule has 2 fully saturated rings. The molecule has 0 aromatic carbocycles. The average molecular weight is 296 g/mol. The first kappa shape index (κ1) is 16.6. The summed E-state index contributed by atoms with van der Waals surface area (Å²) in [6, 6.07) is 0.569. The highest BCUT2D eigenvalue weighted by molar-refractivity contribution is 5.67. The Morgan fingerprint density at radius 1 is 1.19 bits per heavy atom. The topological polar surface area (TPSA) is 50.4 Å². The van der Waals surface area contributed by atoms with Gasteiger partial charge in [-0.15, -0.1) is 0 Å². The van der Waals surface area contributed by atoms with Gasteiger partial charge in [-0.3, -0.25) is 0 Å². The second-order valence-corrected chi connectivity index (χ2v) is 7.72. The molecule has 0 bridgehead atoms.